The van der Waals surface area contributed by atoms with Crippen molar-refractivity contribution in [2.45, 2.75) is 24.6 Å². The van der Waals surface area contributed by atoms with Gasteiger partial charge in [0.1, 0.15) is 5.82 Å². The van der Waals surface area contributed by atoms with Crippen molar-refractivity contribution in [2.24, 2.45) is 5.92 Å². The van der Waals surface area contributed by atoms with Gasteiger partial charge in [-0.3, -0.25) is 9.59 Å². The number of nitrogens with zero attached hydrogens (tertiary/aromatic N) is 1. The van der Waals surface area contributed by atoms with Crippen LogP contribution in [0.15, 0.2) is 34.0 Å². The Balaban J connectivity index is 1.76. The fourth-order valence-corrected chi connectivity index (χ4v) is 3.48. The molecule has 2 rings (SSSR count). The second-order valence-electron chi connectivity index (χ2n) is 5.82. The van der Waals surface area contributed by atoms with Crippen molar-refractivity contribution in [1.29, 1.82) is 0 Å². The van der Waals surface area contributed by atoms with E-state index in [1.165, 1.54) is 47.4 Å². The van der Waals surface area contributed by atoms with E-state index in [9.17, 15) is 14.0 Å². The van der Waals surface area contributed by atoms with Crippen LogP contribution in [0.25, 0.3) is 0 Å². The first kappa shape index (κ1) is 19.4. The van der Waals surface area contributed by atoms with Crippen molar-refractivity contribution in [1.82, 2.24) is 10.3 Å². The molecule has 2 aromatic rings. The lowest BCUT2D eigenvalue weighted by Crippen LogP contribution is -2.28. The number of thioether (sulfide) groups is 1. The topological polar surface area (TPSA) is 71.1 Å². The third-order valence-electron chi connectivity index (χ3n) is 3.03. The zero-order valence-electron chi connectivity index (χ0n) is 14.0. The lowest BCUT2D eigenvalue weighted by molar-refractivity contribution is -0.120. The van der Waals surface area contributed by atoms with E-state index in [0.717, 1.165) is 4.34 Å². The lowest BCUT2D eigenvalue weighted by Gasteiger charge is -2.06. The van der Waals surface area contributed by atoms with Gasteiger partial charge < -0.3 is 10.6 Å². The third-order valence-corrected chi connectivity index (χ3v) is 5.10. The molecule has 0 saturated heterocycles. The molecule has 5 nitrogen and oxygen atoms in total. The van der Waals surface area contributed by atoms with Crippen LogP contribution in [-0.4, -0.2) is 29.1 Å². The normalized spacial score (nSPS) is 10.7. The van der Waals surface area contributed by atoms with Crippen LogP contribution < -0.4 is 10.6 Å². The Labute approximate surface area is 154 Å². The largest absolute Gasteiger partial charge is 0.356 e. The van der Waals surface area contributed by atoms with E-state index in [1.54, 1.807) is 0 Å². The van der Waals surface area contributed by atoms with Crippen LogP contribution in [0.1, 0.15) is 19.5 Å². The number of nitrogens with one attached hydrogen (secondary N) is 2. The van der Waals surface area contributed by atoms with Gasteiger partial charge in [-0.1, -0.05) is 25.6 Å². The number of carbonyl (C=O) groups is 2. The van der Waals surface area contributed by atoms with Crippen molar-refractivity contribution < 1.29 is 14.0 Å². The maximum absolute atomic E-state index is 12.8. The molecule has 0 saturated carbocycles. The molecule has 0 spiro atoms. The van der Waals surface area contributed by atoms with Crippen LogP contribution in [0, 0.1) is 11.7 Å². The number of rotatable bonds is 8. The van der Waals surface area contributed by atoms with Crippen LogP contribution in [0.5, 0.6) is 0 Å². The summed E-state index contributed by atoms with van der Waals surface area (Å²) in [7, 11) is 0. The number of carbonyl (C=O) groups excluding carboxylic acids is 2. The maximum atomic E-state index is 12.8. The van der Waals surface area contributed by atoms with E-state index in [4.69, 9.17) is 0 Å². The first-order chi connectivity index (χ1) is 11.9. The van der Waals surface area contributed by atoms with Gasteiger partial charge in [0.15, 0.2) is 4.34 Å². The number of amides is 2. The van der Waals surface area contributed by atoms with Crippen LogP contribution in [0.4, 0.5) is 10.1 Å². The molecule has 2 N–H and O–H groups in total. The third kappa shape index (κ3) is 7.23. The minimum Gasteiger partial charge on any atom is -0.356 e. The smallest absolute Gasteiger partial charge is 0.234 e. The zero-order valence-corrected chi connectivity index (χ0v) is 15.7. The highest BCUT2D eigenvalue weighted by molar-refractivity contribution is 8.01. The SMILES string of the molecule is CC(C)CNC(=O)Cc1csc(SCC(=O)Nc2ccc(F)cc2)n1. The average molecular weight is 381 g/mol. The predicted molar refractivity (Wildman–Crippen MR) is 99.4 cm³/mol. The van der Waals surface area contributed by atoms with E-state index in [2.05, 4.69) is 15.6 Å². The molecule has 0 fully saturated rings. The minimum absolute atomic E-state index is 0.0513. The fourth-order valence-electron chi connectivity index (χ4n) is 1.84. The molecule has 0 aliphatic carbocycles. The van der Waals surface area contributed by atoms with Crippen molar-refractivity contribution in [2.75, 3.05) is 17.6 Å². The molecule has 0 atom stereocenters. The second kappa shape index (κ2) is 9.53. The molecule has 0 aliphatic rings. The van der Waals surface area contributed by atoms with E-state index in [0.29, 0.717) is 23.8 Å². The average Bonchev–Trinajstić information content (AvgIpc) is 3.00. The highest BCUT2D eigenvalue weighted by Gasteiger charge is 2.10. The van der Waals surface area contributed by atoms with Crippen LogP contribution >= 0.6 is 23.1 Å². The van der Waals surface area contributed by atoms with E-state index >= 15 is 0 Å². The summed E-state index contributed by atoms with van der Waals surface area (Å²) in [6.45, 7) is 4.72. The molecule has 0 aliphatic heterocycles. The van der Waals surface area contributed by atoms with Gasteiger partial charge in [0, 0.05) is 17.6 Å². The van der Waals surface area contributed by atoms with Crippen LogP contribution in [0.2, 0.25) is 0 Å². The number of thiazole rings is 1. The molecule has 134 valence electrons. The van der Waals surface area contributed by atoms with Gasteiger partial charge in [-0.15, -0.1) is 11.3 Å². The van der Waals surface area contributed by atoms with Crippen molar-refractivity contribution in [3.63, 3.8) is 0 Å². The summed E-state index contributed by atoms with van der Waals surface area (Å²) >= 11 is 2.72. The van der Waals surface area contributed by atoms with Gasteiger partial charge in [-0.05, 0) is 30.2 Å². The monoisotopic (exact) mass is 381 g/mol. The standard InChI is InChI=1S/C17H20FN3O2S2/c1-11(2)8-19-15(22)7-14-9-24-17(21-14)25-10-16(23)20-13-5-3-12(18)4-6-13/h3-6,9,11H,7-8,10H2,1-2H3,(H,19,22)(H,20,23). The number of aromatic nitrogens is 1. The molecule has 8 heteroatoms. The Hall–Kier alpha value is -1.93. The highest BCUT2D eigenvalue weighted by atomic mass is 32.2. The number of anilines is 1. The molecule has 1 aromatic heterocycles. The van der Waals surface area contributed by atoms with Gasteiger partial charge in [0.25, 0.3) is 0 Å². The molecular formula is C17H20FN3O2S2. The van der Waals surface area contributed by atoms with Gasteiger partial charge in [0.05, 0.1) is 17.9 Å². The van der Waals surface area contributed by atoms with Gasteiger partial charge in [-0.25, -0.2) is 9.37 Å². The molecule has 0 unspecified atom stereocenters. The van der Waals surface area contributed by atoms with Gasteiger partial charge in [-0.2, -0.15) is 0 Å². The maximum Gasteiger partial charge on any atom is 0.234 e. The molecule has 1 heterocycles. The van der Waals surface area contributed by atoms with Crippen molar-refractivity contribution in [3.05, 3.63) is 41.2 Å². The summed E-state index contributed by atoms with van der Waals surface area (Å²) < 4.78 is 13.6. The van der Waals surface area contributed by atoms with Crippen molar-refractivity contribution >= 4 is 40.6 Å². The Bertz CT molecular complexity index is 717. The Morgan fingerprint density at radius 1 is 1.24 bits per heavy atom. The first-order valence-electron chi connectivity index (χ1n) is 7.81. The minimum atomic E-state index is -0.347. The predicted octanol–water partition coefficient (Wildman–Crippen LogP) is 3.33. The van der Waals surface area contributed by atoms with Crippen LogP contribution in [-0.2, 0) is 16.0 Å². The van der Waals surface area contributed by atoms with Gasteiger partial charge in [0.2, 0.25) is 11.8 Å². The zero-order chi connectivity index (χ0) is 18.2. The molecule has 2 amide bonds. The summed E-state index contributed by atoms with van der Waals surface area (Å²) in [4.78, 5) is 28.0. The number of hydrogen-bond donors (Lipinski definition) is 2. The number of benzene rings is 1. The molecular weight excluding hydrogens is 361 g/mol. The highest BCUT2D eigenvalue weighted by Crippen LogP contribution is 2.23. The summed E-state index contributed by atoms with van der Waals surface area (Å²) in [5, 5.41) is 7.37. The van der Waals surface area contributed by atoms with Crippen molar-refractivity contribution in [3.8, 4) is 0 Å². The number of halogens is 1. The Kier molecular flexibility index (Phi) is 7.39. The molecule has 25 heavy (non-hydrogen) atoms. The fraction of sp³-hybridized carbons (Fsp3) is 0.353. The Morgan fingerprint density at radius 3 is 2.64 bits per heavy atom. The summed E-state index contributed by atoms with van der Waals surface area (Å²) in [6.07, 6.45) is 0.242. The Morgan fingerprint density at radius 2 is 1.96 bits per heavy atom. The van der Waals surface area contributed by atoms with E-state index < -0.39 is 0 Å². The second-order valence-corrected chi connectivity index (χ2v) is 7.90. The summed E-state index contributed by atoms with van der Waals surface area (Å²) in [6, 6.07) is 5.60. The summed E-state index contributed by atoms with van der Waals surface area (Å²) in [5.41, 5.74) is 1.25. The molecule has 0 radical (unpaired) electrons. The van der Waals surface area contributed by atoms with Gasteiger partial charge >= 0.3 is 0 Å². The number of hydrogen-bond acceptors (Lipinski definition) is 5. The van der Waals surface area contributed by atoms with E-state index in [-0.39, 0.29) is 29.8 Å². The lowest BCUT2D eigenvalue weighted by atomic mass is 10.2. The first-order valence-corrected chi connectivity index (χ1v) is 9.68. The summed E-state index contributed by atoms with van der Waals surface area (Å²) in [5.74, 6) is 0.0158. The van der Waals surface area contributed by atoms with E-state index in [1.807, 2.05) is 19.2 Å². The molecule has 0 bridgehead atoms. The quantitative estimate of drug-likeness (QED) is 0.688. The van der Waals surface area contributed by atoms with Crippen LogP contribution in [0.3, 0.4) is 0 Å². The molecule has 1 aromatic carbocycles.